The van der Waals surface area contributed by atoms with Crippen LogP contribution in [0.15, 0.2) is 0 Å². The Bertz CT molecular complexity index is 545. The molecule has 0 aromatic carbocycles. The van der Waals surface area contributed by atoms with Crippen LogP contribution >= 0.6 is 11.5 Å². The third-order valence-electron chi connectivity index (χ3n) is 2.30. The van der Waals surface area contributed by atoms with Gasteiger partial charge in [-0.2, -0.15) is 0 Å². The van der Waals surface area contributed by atoms with Crippen molar-refractivity contribution in [2.24, 2.45) is 5.14 Å². The minimum atomic E-state index is -3.48. The number of hydrogen-bond acceptors (Lipinski definition) is 6. The highest BCUT2D eigenvalue weighted by Gasteiger charge is 2.26. The molecule has 0 aliphatic carbocycles. The molecule has 1 aromatic rings. The lowest BCUT2D eigenvalue weighted by Crippen LogP contribution is -2.28. The zero-order valence-corrected chi connectivity index (χ0v) is 12.8. The molecule has 0 saturated heterocycles. The van der Waals surface area contributed by atoms with Gasteiger partial charge in [-0.3, -0.25) is 4.79 Å². The molecule has 1 amide bonds. The number of nitrogens with two attached hydrogens (primary N) is 1. The van der Waals surface area contributed by atoms with E-state index < -0.39 is 10.0 Å². The predicted molar refractivity (Wildman–Crippen MR) is 73.5 cm³/mol. The second-order valence-corrected chi connectivity index (χ2v) is 7.67. The minimum Gasteiger partial charge on any atom is -0.351 e. The monoisotopic (exact) mass is 306 g/mol. The highest BCUT2D eigenvalue weighted by atomic mass is 32.2. The second kappa shape index (κ2) is 5.93. The lowest BCUT2D eigenvalue weighted by molar-refractivity contribution is 0.0955. The molecule has 108 valence electrons. The van der Waals surface area contributed by atoms with Gasteiger partial charge in [-0.05, 0) is 18.0 Å². The van der Waals surface area contributed by atoms with E-state index in [4.69, 9.17) is 5.14 Å². The first kappa shape index (κ1) is 16.0. The van der Waals surface area contributed by atoms with Gasteiger partial charge >= 0.3 is 0 Å². The summed E-state index contributed by atoms with van der Waals surface area (Å²) in [4.78, 5) is 12.4. The van der Waals surface area contributed by atoms with Crippen molar-refractivity contribution in [3.8, 4) is 0 Å². The summed E-state index contributed by atoms with van der Waals surface area (Å²) in [6.07, 6.45) is 0.279. The predicted octanol–water partition coefficient (Wildman–Crippen LogP) is 0.244. The van der Waals surface area contributed by atoms with E-state index >= 15 is 0 Å². The summed E-state index contributed by atoms with van der Waals surface area (Å²) >= 11 is 1.03. The summed E-state index contributed by atoms with van der Waals surface area (Å²) < 4.78 is 25.3. The number of primary sulfonamides is 1. The van der Waals surface area contributed by atoms with Gasteiger partial charge in [0.1, 0.15) is 4.88 Å². The zero-order chi connectivity index (χ0) is 14.7. The average molecular weight is 306 g/mol. The largest absolute Gasteiger partial charge is 0.351 e. The SMILES string of the molecule is CC(C)(C)c1nnsc1C(=O)NCCCS(N)(=O)=O. The molecule has 0 aliphatic heterocycles. The fourth-order valence-corrected chi connectivity index (χ4v) is 2.73. The maximum absolute atomic E-state index is 11.9. The summed E-state index contributed by atoms with van der Waals surface area (Å²) in [6, 6.07) is 0. The molecular formula is C10H18N4O3S2. The van der Waals surface area contributed by atoms with Crippen molar-refractivity contribution < 1.29 is 13.2 Å². The van der Waals surface area contributed by atoms with E-state index in [2.05, 4.69) is 14.9 Å². The number of sulfonamides is 1. The van der Waals surface area contributed by atoms with Gasteiger partial charge in [-0.1, -0.05) is 25.3 Å². The first-order chi connectivity index (χ1) is 8.61. The van der Waals surface area contributed by atoms with Crippen molar-refractivity contribution in [2.75, 3.05) is 12.3 Å². The quantitative estimate of drug-likeness (QED) is 0.756. The number of nitrogens with zero attached hydrogens (tertiary/aromatic N) is 2. The molecule has 3 N–H and O–H groups in total. The van der Waals surface area contributed by atoms with Crippen molar-refractivity contribution >= 4 is 27.5 Å². The molecule has 0 spiro atoms. The molecule has 0 radical (unpaired) electrons. The number of hydrogen-bond donors (Lipinski definition) is 2. The van der Waals surface area contributed by atoms with Gasteiger partial charge in [0, 0.05) is 12.0 Å². The van der Waals surface area contributed by atoms with Crippen LogP contribution in [0.4, 0.5) is 0 Å². The summed E-state index contributed by atoms with van der Waals surface area (Å²) in [5.41, 5.74) is 0.377. The molecule has 0 aliphatic rings. The van der Waals surface area contributed by atoms with E-state index in [-0.39, 0.29) is 30.0 Å². The van der Waals surface area contributed by atoms with Crippen molar-refractivity contribution in [1.29, 1.82) is 0 Å². The van der Waals surface area contributed by atoms with Crippen molar-refractivity contribution in [3.63, 3.8) is 0 Å². The molecule has 7 nitrogen and oxygen atoms in total. The average Bonchev–Trinajstić information content (AvgIpc) is 2.71. The lowest BCUT2D eigenvalue weighted by Gasteiger charge is -2.16. The van der Waals surface area contributed by atoms with E-state index in [1.54, 1.807) is 0 Å². The first-order valence-electron chi connectivity index (χ1n) is 5.73. The zero-order valence-electron chi connectivity index (χ0n) is 11.1. The highest BCUT2D eigenvalue weighted by Crippen LogP contribution is 2.25. The van der Waals surface area contributed by atoms with Crippen LogP contribution in [0.25, 0.3) is 0 Å². The van der Waals surface area contributed by atoms with Crippen LogP contribution in [0.2, 0.25) is 0 Å². The van der Waals surface area contributed by atoms with Gasteiger partial charge in [0.25, 0.3) is 5.91 Å². The normalized spacial score (nSPS) is 12.4. The molecule has 1 rings (SSSR count). The van der Waals surface area contributed by atoms with Crippen molar-refractivity contribution in [2.45, 2.75) is 32.6 Å². The Morgan fingerprint density at radius 3 is 2.58 bits per heavy atom. The smallest absolute Gasteiger partial charge is 0.264 e. The Hall–Kier alpha value is -1.06. The summed E-state index contributed by atoms with van der Waals surface area (Å²) in [5, 5.41) is 11.5. The van der Waals surface area contributed by atoms with E-state index in [1.165, 1.54) is 0 Å². The first-order valence-corrected chi connectivity index (χ1v) is 8.21. The fraction of sp³-hybridized carbons (Fsp3) is 0.700. The van der Waals surface area contributed by atoms with Gasteiger partial charge in [-0.15, -0.1) is 5.10 Å². The number of carbonyl (C=O) groups excluding carboxylic acids is 1. The molecule has 0 unspecified atom stereocenters. The maximum atomic E-state index is 11.9. The number of rotatable bonds is 5. The minimum absolute atomic E-state index is 0.152. The van der Waals surface area contributed by atoms with Gasteiger partial charge in [0.15, 0.2) is 0 Å². The van der Waals surface area contributed by atoms with Crippen LogP contribution in [-0.4, -0.2) is 36.2 Å². The van der Waals surface area contributed by atoms with E-state index in [9.17, 15) is 13.2 Å². The van der Waals surface area contributed by atoms with Gasteiger partial charge in [0.05, 0.1) is 11.4 Å². The molecule has 0 saturated carbocycles. The molecule has 1 aromatic heterocycles. The Balaban J connectivity index is 2.58. The molecule has 0 bridgehead atoms. The standard InChI is InChI=1S/C10H18N4O3S2/c1-10(2,3)8-7(18-14-13-8)9(15)12-5-4-6-19(11,16)17/h4-6H2,1-3H3,(H,12,15)(H2,11,16,17). The molecule has 19 heavy (non-hydrogen) atoms. The second-order valence-electron chi connectivity index (χ2n) is 5.18. The van der Waals surface area contributed by atoms with Crippen molar-refractivity contribution in [3.05, 3.63) is 10.6 Å². The van der Waals surface area contributed by atoms with Crippen LogP contribution in [0.3, 0.4) is 0 Å². The Labute approximate surface area is 116 Å². The van der Waals surface area contributed by atoms with Crippen LogP contribution < -0.4 is 10.5 Å². The molecule has 0 atom stereocenters. The van der Waals surface area contributed by atoms with Crippen molar-refractivity contribution in [1.82, 2.24) is 14.9 Å². The van der Waals surface area contributed by atoms with Crippen LogP contribution in [-0.2, 0) is 15.4 Å². The summed E-state index contributed by atoms with van der Waals surface area (Å²) in [5.74, 6) is -0.435. The van der Waals surface area contributed by atoms with E-state index in [0.717, 1.165) is 11.5 Å². The Morgan fingerprint density at radius 2 is 2.05 bits per heavy atom. The van der Waals surface area contributed by atoms with Crippen LogP contribution in [0, 0.1) is 0 Å². The Kier molecular flexibility index (Phi) is 4.99. The lowest BCUT2D eigenvalue weighted by atomic mass is 9.91. The third-order valence-corrected chi connectivity index (χ3v) is 3.88. The maximum Gasteiger partial charge on any atom is 0.264 e. The number of amides is 1. The molecule has 9 heteroatoms. The van der Waals surface area contributed by atoms with Crippen LogP contribution in [0.1, 0.15) is 42.6 Å². The molecular weight excluding hydrogens is 288 g/mol. The van der Waals surface area contributed by atoms with E-state index in [0.29, 0.717) is 10.6 Å². The van der Waals surface area contributed by atoms with E-state index in [1.807, 2.05) is 20.8 Å². The highest BCUT2D eigenvalue weighted by molar-refractivity contribution is 7.89. The topological polar surface area (TPSA) is 115 Å². The summed E-state index contributed by atoms with van der Waals surface area (Å²) in [6.45, 7) is 6.08. The van der Waals surface area contributed by atoms with Gasteiger partial charge in [0.2, 0.25) is 10.0 Å². The molecule has 1 heterocycles. The van der Waals surface area contributed by atoms with Crippen LogP contribution in [0.5, 0.6) is 0 Å². The van der Waals surface area contributed by atoms with Gasteiger partial charge < -0.3 is 5.32 Å². The summed E-state index contributed by atoms with van der Waals surface area (Å²) in [7, 11) is -3.48. The number of aromatic nitrogens is 2. The molecule has 0 fully saturated rings. The Morgan fingerprint density at radius 1 is 1.42 bits per heavy atom. The number of carbonyl (C=O) groups is 1. The fourth-order valence-electron chi connectivity index (χ4n) is 1.39. The third kappa shape index (κ3) is 5.21. The van der Waals surface area contributed by atoms with Gasteiger partial charge in [-0.25, -0.2) is 13.6 Å². The number of nitrogens with one attached hydrogen (secondary N) is 1.